The first kappa shape index (κ1) is 27.7. The van der Waals surface area contributed by atoms with Gasteiger partial charge in [-0.2, -0.15) is 0 Å². The number of hydrogen-bond acceptors (Lipinski definition) is 1. The Kier molecular flexibility index (Phi) is 13.7. The van der Waals surface area contributed by atoms with Crippen molar-refractivity contribution in [1.29, 1.82) is 0 Å². The van der Waals surface area contributed by atoms with E-state index in [1.807, 2.05) is 20.8 Å². The van der Waals surface area contributed by atoms with Gasteiger partial charge in [0.2, 0.25) is 0 Å². The average molecular weight is 492 g/mol. The first-order chi connectivity index (χ1) is 9.77. The van der Waals surface area contributed by atoms with Crippen LogP contribution in [0.2, 0.25) is 0 Å². The molecular formula is C18H39N4Ta-3. The maximum atomic E-state index is 6.94. The van der Waals surface area contributed by atoms with Crippen LogP contribution in [0.15, 0.2) is 15.7 Å². The first-order valence-corrected chi connectivity index (χ1v) is 9.41. The molecule has 0 aliphatic carbocycles. The molecule has 1 N–H and O–H groups in total. The Labute approximate surface area is 158 Å². The van der Waals surface area contributed by atoms with Crippen molar-refractivity contribution in [3.05, 3.63) is 28.8 Å². The van der Waals surface area contributed by atoms with Crippen LogP contribution < -0.4 is 0 Å². The fourth-order valence-electron chi connectivity index (χ4n) is 0.514. The van der Waals surface area contributed by atoms with Gasteiger partial charge in [-0.15, -0.1) is 16.6 Å². The molecular weight excluding hydrogens is 453 g/mol. The van der Waals surface area contributed by atoms with Gasteiger partial charge in [0.15, 0.2) is 0 Å². The van der Waals surface area contributed by atoms with Gasteiger partial charge >= 0.3 is 50.5 Å². The zero-order valence-corrected chi connectivity index (χ0v) is 20.7. The summed E-state index contributed by atoms with van der Waals surface area (Å²) < 4.78 is 4.13. The summed E-state index contributed by atoms with van der Waals surface area (Å²) in [6.07, 6.45) is 3.54. The van der Waals surface area contributed by atoms with E-state index < -0.39 is 0 Å². The standard InChI is InChI=1S/C10H20N2.C4H10N.C4H9N.Ta/c1-9(2,3)11-7-8-12-10(4,5)6;2*1-4(2,3)5;/h7-8H,1-6H3;5H,1-3H3;1-3H3;/q-2;-1;;. The molecule has 0 amide bonds. The molecule has 23 heavy (non-hydrogen) atoms. The van der Waals surface area contributed by atoms with Crippen molar-refractivity contribution in [2.45, 2.75) is 105 Å². The van der Waals surface area contributed by atoms with E-state index in [1.54, 1.807) is 12.4 Å². The van der Waals surface area contributed by atoms with Crippen molar-refractivity contribution in [3.8, 4) is 0 Å². The molecule has 0 rings (SSSR count). The topological polar surface area (TPSA) is 64.4 Å². The zero-order chi connectivity index (χ0) is 19.5. The van der Waals surface area contributed by atoms with Crippen LogP contribution in [0.25, 0.3) is 16.4 Å². The van der Waals surface area contributed by atoms with Crippen LogP contribution in [0.3, 0.4) is 0 Å². The van der Waals surface area contributed by atoms with Gasteiger partial charge in [-0.25, -0.2) is 12.4 Å². The fraction of sp³-hybridized carbons (Fsp3) is 0.889. The van der Waals surface area contributed by atoms with Gasteiger partial charge in [0.25, 0.3) is 0 Å². The molecule has 0 radical (unpaired) electrons. The van der Waals surface area contributed by atoms with Gasteiger partial charge in [0, 0.05) is 0 Å². The third-order valence-electron chi connectivity index (χ3n) is 1.29. The van der Waals surface area contributed by atoms with Gasteiger partial charge < -0.3 is 16.4 Å². The second kappa shape index (κ2) is 11.4. The second-order valence-electron chi connectivity index (χ2n) is 9.42. The normalized spacial score (nSPS) is 12.5. The van der Waals surface area contributed by atoms with Crippen molar-refractivity contribution >= 4 is 0 Å². The van der Waals surface area contributed by atoms with Crippen LogP contribution >= 0.6 is 0 Å². The van der Waals surface area contributed by atoms with E-state index in [2.05, 4.69) is 76.3 Å². The third-order valence-corrected chi connectivity index (χ3v) is 3.45. The van der Waals surface area contributed by atoms with E-state index in [4.69, 9.17) is 5.73 Å². The molecule has 0 saturated carbocycles. The SMILES string of the molecule is CC(C)(C)[N-]C=C[N-]C(C)(C)C.CC(C)(C)[NH-].CC(C)(C)[N]=[Ta]. The Morgan fingerprint density at radius 3 is 0.957 bits per heavy atom. The summed E-state index contributed by atoms with van der Waals surface area (Å²) in [5.41, 5.74) is 6.91. The Morgan fingerprint density at radius 2 is 0.870 bits per heavy atom. The predicted octanol–water partition coefficient (Wildman–Crippen LogP) is 7.15. The van der Waals surface area contributed by atoms with Crippen molar-refractivity contribution < 1.29 is 20.9 Å². The van der Waals surface area contributed by atoms with Crippen molar-refractivity contribution in [2.24, 2.45) is 3.34 Å². The molecule has 0 aliphatic heterocycles. The van der Waals surface area contributed by atoms with Crippen molar-refractivity contribution in [2.75, 3.05) is 0 Å². The minimum absolute atomic E-state index is 0.00387. The molecule has 0 fully saturated rings. The quantitative estimate of drug-likeness (QED) is 0.393. The Bertz CT molecular complexity index is 299. The summed E-state index contributed by atoms with van der Waals surface area (Å²) in [6, 6.07) is 0. The molecule has 139 valence electrons. The van der Waals surface area contributed by atoms with E-state index in [-0.39, 0.29) is 22.2 Å². The number of nitrogens with zero attached hydrogens (tertiary/aromatic N) is 3. The van der Waals surface area contributed by atoms with Crippen LogP contribution in [0.1, 0.15) is 83.1 Å². The van der Waals surface area contributed by atoms with Gasteiger partial charge in [0.05, 0.1) is 0 Å². The summed E-state index contributed by atoms with van der Waals surface area (Å²) >= 11 is 1.15. The van der Waals surface area contributed by atoms with Crippen molar-refractivity contribution in [1.82, 2.24) is 0 Å². The Balaban J connectivity index is -0.000000303. The molecule has 0 unspecified atom stereocenters. The molecule has 0 saturated heterocycles. The minimum atomic E-state index is -0.250. The molecule has 0 aromatic carbocycles. The van der Waals surface area contributed by atoms with Crippen molar-refractivity contribution in [3.63, 3.8) is 0 Å². The molecule has 4 nitrogen and oxygen atoms in total. The number of hydrogen-bond donors (Lipinski definition) is 0. The number of nitrogens with one attached hydrogen (secondary N) is 1. The fourth-order valence-corrected chi connectivity index (χ4v) is 0.514. The summed E-state index contributed by atoms with van der Waals surface area (Å²) in [6.45, 7) is 24.3. The second-order valence-corrected chi connectivity index (χ2v) is 10.1. The van der Waals surface area contributed by atoms with E-state index in [0.717, 1.165) is 20.9 Å². The summed E-state index contributed by atoms with van der Waals surface area (Å²) in [5, 5.41) is 8.57. The molecule has 0 atom stereocenters. The maximum absolute atomic E-state index is 6.94. The van der Waals surface area contributed by atoms with E-state index >= 15 is 0 Å². The number of rotatable bonds is 2. The molecule has 0 heterocycles. The van der Waals surface area contributed by atoms with Crippen LogP contribution in [0, 0.1) is 0 Å². The van der Waals surface area contributed by atoms with Crippen LogP contribution in [-0.4, -0.2) is 22.2 Å². The van der Waals surface area contributed by atoms with Gasteiger partial charge in [-0.3, -0.25) is 0 Å². The monoisotopic (exact) mass is 492 g/mol. The molecule has 0 aliphatic rings. The summed E-state index contributed by atoms with van der Waals surface area (Å²) in [4.78, 5) is 0. The van der Waals surface area contributed by atoms with Gasteiger partial charge in [-0.05, 0) is 0 Å². The molecule has 0 aromatic rings. The van der Waals surface area contributed by atoms with Crippen LogP contribution in [-0.2, 0) is 20.9 Å². The molecule has 5 heteroatoms. The molecule has 0 aromatic heterocycles. The van der Waals surface area contributed by atoms with Crippen LogP contribution in [0.5, 0.6) is 0 Å². The van der Waals surface area contributed by atoms with E-state index in [9.17, 15) is 0 Å². The van der Waals surface area contributed by atoms with Gasteiger partial charge in [-0.1, -0.05) is 62.3 Å². The van der Waals surface area contributed by atoms with E-state index in [1.165, 1.54) is 0 Å². The van der Waals surface area contributed by atoms with Crippen LogP contribution in [0.4, 0.5) is 0 Å². The molecule has 0 bridgehead atoms. The predicted molar refractivity (Wildman–Crippen MR) is 102 cm³/mol. The third kappa shape index (κ3) is 61.3. The van der Waals surface area contributed by atoms with E-state index in [0.29, 0.717) is 0 Å². The average Bonchev–Trinajstić information content (AvgIpc) is 2.19. The zero-order valence-electron chi connectivity index (χ0n) is 17.4. The summed E-state index contributed by atoms with van der Waals surface area (Å²) in [7, 11) is 0. The first-order valence-electron chi connectivity index (χ1n) is 7.97. The molecule has 0 spiro atoms. The summed E-state index contributed by atoms with van der Waals surface area (Å²) in [5.74, 6) is 0. The Hall–Kier alpha value is -0.160. The Morgan fingerprint density at radius 1 is 0.696 bits per heavy atom. The van der Waals surface area contributed by atoms with Gasteiger partial charge in [0.1, 0.15) is 0 Å².